The first kappa shape index (κ1) is 11.7. The monoisotopic (exact) mass is 237 g/mol. The number of amides is 1. The molecule has 1 N–H and O–H groups in total. The van der Waals surface area contributed by atoms with E-state index in [1.165, 1.54) is 0 Å². The molecule has 0 radical (unpaired) electrons. The van der Waals surface area contributed by atoms with Crippen molar-refractivity contribution in [3.63, 3.8) is 0 Å². The molecule has 1 aliphatic rings. The zero-order valence-electron chi connectivity index (χ0n) is 9.86. The Morgan fingerprint density at radius 2 is 1.88 bits per heavy atom. The van der Waals surface area contributed by atoms with E-state index in [4.69, 9.17) is 14.2 Å². The number of carbonyl (C=O) groups excluding carboxylic acids is 1. The highest BCUT2D eigenvalue weighted by atomic mass is 16.5. The lowest BCUT2D eigenvalue weighted by Crippen LogP contribution is -2.38. The summed E-state index contributed by atoms with van der Waals surface area (Å²) in [4.78, 5) is 11.0. The van der Waals surface area contributed by atoms with Gasteiger partial charge in [-0.1, -0.05) is 0 Å². The summed E-state index contributed by atoms with van der Waals surface area (Å²) in [6, 6.07) is 5.56. The minimum absolute atomic E-state index is 0.0869. The van der Waals surface area contributed by atoms with Gasteiger partial charge in [0, 0.05) is 12.6 Å². The quantitative estimate of drug-likeness (QED) is 0.848. The topological polar surface area (TPSA) is 56.8 Å². The number of hydrogen-bond acceptors (Lipinski definition) is 4. The van der Waals surface area contributed by atoms with Crippen LogP contribution in [-0.2, 0) is 9.53 Å². The van der Waals surface area contributed by atoms with Crippen molar-refractivity contribution in [2.45, 2.75) is 6.10 Å². The molecule has 0 unspecified atom stereocenters. The third-order valence-electron chi connectivity index (χ3n) is 2.65. The normalized spacial score (nSPS) is 19.6. The fraction of sp³-hybridized carbons (Fsp3) is 0.417. The third-order valence-corrected chi connectivity index (χ3v) is 2.65. The maximum absolute atomic E-state index is 11.0. The summed E-state index contributed by atoms with van der Waals surface area (Å²) in [5, 5.41) is 2.76. The average molecular weight is 237 g/mol. The molecule has 5 nitrogen and oxygen atoms in total. The molecule has 17 heavy (non-hydrogen) atoms. The lowest BCUT2D eigenvalue weighted by atomic mass is 10.1. The molecule has 0 spiro atoms. The van der Waals surface area contributed by atoms with Crippen LogP contribution in [0.4, 0.5) is 0 Å². The largest absolute Gasteiger partial charge is 0.497 e. The number of hydrogen-bond donors (Lipinski definition) is 1. The zero-order valence-corrected chi connectivity index (χ0v) is 9.86. The van der Waals surface area contributed by atoms with E-state index >= 15 is 0 Å². The summed E-state index contributed by atoms with van der Waals surface area (Å²) in [7, 11) is 3.20. The first-order valence-electron chi connectivity index (χ1n) is 5.34. The predicted molar refractivity (Wildman–Crippen MR) is 61.2 cm³/mol. The molecule has 1 fully saturated rings. The van der Waals surface area contributed by atoms with Crippen LogP contribution in [0.1, 0.15) is 11.7 Å². The molecule has 5 heteroatoms. The van der Waals surface area contributed by atoms with Crippen molar-refractivity contribution < 1.29 is 19.0 Å². The molecular formula is C12H15NO4. The molecule has 0 aliphatic carbocycles. The van der Waals surface area contributed by atoms with Gasteiger partial charge in [-0.2, -0.15) is 0 Å². The fourth-order valence-corrected chi connectivity index (χ4v) is 1.72. The smallest absolute Gasteiger partial charge is 0.246 e. The van der Waals surface area contributed by atoms with Gasteiger partial charge in [0.2, 0.25) is 5.91 Å². The van der Waals surface area contributed by atoms with Crippen LogP contribution in [0.15, 0.2) is 18.2 Å². The van der Waals surface area contributed by atoms with E-state index in [0.29, 0.717) is 18.0 Å². The molecule has 0 saturated carbocycles. The Kier molecular flexibility index (Phi) is 3.49. The maximum atomic E-state index is 11.0. The molecule has 1 heterocycles. The number of ether oxygens (including phenoxy) is 3. The third kappa shape index (κ3) is 2.68. The van der Waals surface area contributed by atoms with Crippen LogP contribution in [-0.4, -0.2) is 33.3 Å². The van der Waals surface area contributed by atoms with Crippen LogP contribution in [0.25, 0.3) is 0 Å². The number of carbonyl (C=O) groups is 1. The molecule has 0 bridgehead atoms. The Balaban J connectivity index is 2.22. The van der Waals surface area contributed by atoms with Crippen LogP contribution in [0.2, 0.25) is 0 Å². The van der Waals surface area contributed by atoms with Crippen molar-refractivity contribution in [2.75, 3.05) is 27.4 Å². The van der Waals surface area contributed by atoms with Gasteiger partial charge < -0.3 is 19.5 Å². The van der Waals surface area contributed by atoms with Crippen LogP contribution < -0.4 is 14.8 Å². The molecule has 1 aromatic rings. The van der Waals surface area contributed by atoms with Crippen LogP contribution in [0.3, 0.4) is 0 Å². The van der Waals surface area contributed by atoms with Crippen molar-refractivity contribution in [3.05, 3.63) is 23.8 Å². The van der Waals surface area contributed by atoms with E-state index in [1.54, 1.807) is 20.3 Å². The van der Waals surface area contributed by atoms with Crippen LogP contribution in [0, 0.1) is 0 Å². The molecule has 1 atom stereocenters. The van der Waals surface area contributed by atoms with Gasteiger partial charge in [0.05, 0.1) is 14.2 Å². The molecule has 1 saturated heterocycles. The Hall–Kier alpha value is -1.75. The van der Waals surface area contributed by atoms with E-state index in [1.807, 2.05) is 12.1 Å². The van der Waals surface area contributed by atoms with Crippen LogP contribution >= 0.6 is 0 Å². The zero-order chi connectivity index (χ0) is 12.3. The first-order chi connectivity index (χ1) is 8.22. The second-order valence-electron chi connectivity index (χ2n) is 3.75. The van der Waals surface area contributed by atoms with Crippen LogP contribution in [0.5, 0.6) is 11.5 Å². The molecule has 1 aliphatic heterocycles. The fourth-order valence-electron chi connectivity index (χ4n) is 1.72. The summed E-state index contributed by atoms with van der Waals surface area (Å²) >= 11 is 0. The van der Waals surface area contributed by atoms with Crippen molar-refractivity contribution in [1.29, 1.82) is 0 Å². The second-order valence-corrected chi connectivity index (χ2v) is 3.75. The van der Waals surface area contributed by atoms with E-state index in [9.17, 15) is 4.79 Å². The summed E-state index contributed by atoms with van der Waals surface area (Å²) in [5.41, 5.74) is 0.932. The molecule has 92 valence electrons. The number of morpholine rings is 1. The van der Waals surface area contributed by atoms with Gasteiger partial charge in [0.25, 0.3) is 0 Å². The van der Waals surface area contributed by atoms with Gasteiger partial charge in [-0.3, -0.25) is 4.79 Å². The minimum atomic E-state index is -0.156. The van der Waals surface area contributed by atoms with E-state index in [-0.39, 0.29) is 18.6 Å². The Labute approximate surface area is 99.7 Å². The predicted octanol–water partition coefficient (Wildman–Crippen LogP) is 0.891. The molecule has 0 aromatic heterocycles. The van der Waals surface area contributed by atoms with Crippen molar-refractivity contribution >= 4 is 5.91 Å². The van der Waals surface area contributed by atoms with Gasteiger partial charge in [-0.15, -0.1) is 0 Å². The number of nitrogens with one attached hydrogen (secondary N) is 1. The SMILES string of the molecule is COc1cc(OC)cc([C@H]2CNC(=O)CO2)c1. The molecule has 2 rings (SSSR count). The van der Waals surface area contributed by atoms with E-state index in [0.717, 1.165) is 5.56 Å². The van der Waals surface area contributed by atoms with Gasteiger partial charge >= 0.3 is 0 Å². The highest BCUT2D eigenvalue weighted by molar-refractivity contribution is 5.77. The Morgan fingerprint density at radius 1 is 1.24 bits per heavy atom. The van der Waals surface area contributed by atoms with E-state index in [2.05, 4.69) is 5.32 Å². The summed E-state index contributed by atoms with van der Waals surface area (Å²) in [5.74, 6) is 1.33. The van der Waals surface area contributed by atoms with Crippen molar-refractivity contribution in [3.8, 4) is 11.5 Å². The van der Waals surface area contributed by atoms with Crippen molar-refractivity contribution in [2.24, 2.45) is 0 Å². The highest BCUT2D eigenvalue weighted by Gasteiger charge is 2.21. The number of benzene rings is 1. The molecule has 1 amide bonds. The number of rotatable bonds is 3. The average Bonchev–Trinajstić information content (AvgIpc) is 2.39. The summed E-state index contributed by atoms with van der Waals surface area (Å²) < 4.78 is 15.8. The Morgan fingerprint density at radius 3 is 2.35 bits per heavy atom. The molecule has 1 aromatic carbocycles. The van der Waals surface area contributed by atoms with Gasteiger partial charge in [0.15, 0.2) is 0 Å². The standard InChI is InChI=1S/C12H15NO4/c1-15-9-3-8(4-10(5-9)16-2)11-6-13-12(14)7-17-11/h3-5,11H,6-7H2,1-2H3,(H,13,14)/t11-/m1/s1. The van der Waals surface area contributed by atoms with Gasteiger partial charge in [0.1, 0.15) is 24.2 Å². The summed E-state index contributed by atoms with van der Waals surface area (Å²) in [6.45, 7) is 0.555. The first-order valence-corrected chi connectivity index (χ1v) is 5.34. The lowest BCUT2D eigenvalue weighted by molar-refractivity contribution is -0.133. The number of methoxy groups -OCH3 is 2. The lowest BCUT2D eigenvalue weighted by Gasteiger charge is -2.24. The Bertz CT molecular complexity index is 387. The van der Waals surface area contributed by atoms with Gasteiger partial charge in [-0.05, 0) is 17.7 Å². The van der Waals surface area contributed by atoms with E-state index < -0.39 is 0 Å². The highest BCUT2D eigenvalue weighted by Crippen LogP contribution is 2.28. The van der Waals surface area contributed by atoms with Crippen molar-refractivity contribution in [1.82, 2.24) is 5.32 Å². The summed E-state index contributed by atoms with van der Waals surface area (Å²) in [6.07, 6.45) is -0.156. The van der Waals surface area contributed by atoms with Gasteiger partial charge in [-0.25, -0.2) is 0 Å². The molecular weight excluding hydrogens is 222 g/mol. The minimum Gasteiger partial charge on any atom is -0.497 e. The second kappa shape index (κ2) is 5.05. The maximum Gasteiger partial charge on any atom is 0.246 e.